The number of nitrogens with zero attached hydrogens (tertiary/aromatic N) is 1. The molecule has 0 heterocycles. The Labute approximate surface area is 109 Å². The van der Waals surface area contributed by atoms with Crippen molar-refractivity contribution in [1.29, 1.82) is 0 Å². The summed E-state index contributed by atoms with van der Waals surface area (Å²) < 4.78 is 0. The van der Waals surface area contributed by atoms with Crippen molar-refractivity contribution in [2.45, 2.75) is 26.8 Å². The summed E-state index contributed by atoms with van der Waals surface area (Å²) in [4.78, 5) is 14.0. The third-order valence-corrected chi connectivity index (χ3v) is 2.86. The number of nitrogens with two attached hydrogens (primary N) is 1. The zero-order valence-electron chi connectivity index (χ0n) is 11.4. The molecular weight excluding hydrogens is 224 g/mol. The van der Waals surface area contributed by atoms with Gasteiger partial charge in [-0.25, -0.2) is 0 Å². The van der Waals surface area contributed by atoms with E-state index in [0.29, 0.717) is 13.1 Å². The van der Waals surface area contributed by atoms with Crippen molar-refractivity contribution >= 4 is 5.91 Å². The summed E-state index contributed by atoms with van der Waals surface area (Å²) in [5, 5.41) is 0. The van der Waals surface area contributed by atoms with E-state index < -0.39 is 6.04 Å². The number of hydrogen-bond donors (Lipinski definition) is 1. The van der Waals surface area contributed by atoms with Crippen molar-refractivity contribution in [2.75, 3.05) is 13.1 Å². The molecule has 0 saturated carbocycles. The molecule has 0 spiro atoms. The van der Waals surface area contributed by atoms with Gasteiger partial charge in [-0.1, -0.05) is 42.0 Å². The van der Waals surface area contributed by atoms with Crippen molar-refractivity contribution in [2.24, 2.45) is 5.73 Å². The van der Waals surface area contributed by atoms with Crippen LogP contribution in [-0.4, -0.2) is 23.9 Å². The van der Waals surface area contributed by atoms with Gasteiger partial charge in [-0.15, -0.1) is 0 Å². The van der Waals surface area contributed by atoms with Crippen molar-refractivity contribution in [3.05, 3.63) is 47.5 Å². The molecule has 98 valence electrons. The average molecular weight is 246 g/mol. The highest BCUT2D eigenvalue weighted by molar-refractivity contribution is 5.83. The second-order valence-corrected chi connectivity index (χ2v) is 4.70. The van der Waals surface area contributed by atoms with E-state index in [1.54, 1.807) is 4.90 Å². The van der Waals surface area contributed by atoms with Crippen LogP contribution >= 0.6 is 0 Å². The maximum Gasteiger partial charge on any atom is 0.244 e. The molecule has 0 fully saturated rings. The SMILES string of the molecule is C=C(C)CN(CC)C(=O)C(N)c1ccc(C)cc1. The molecule has 3 nitrogen and oxygen atoms in total. The van der Waals surface area contributed by atoms with Crippen LogP contribution < -0.4 is 5.73 Å². The fourth-order valence-electron chi connectivity index (χ4n) is 1.78. The topological polar surface area (TPSA) is 46.3 Å². The maximum absolute atomic E-state index is 12.3. The highest BCUT2D eigenvalue weighted by Crippen LogP contribution is 2.14. The zero-order valence-corrected chi connectivity index (χ0v) is 11.4. The van der Waals surface area contributed by atoms with Gasteiger partial charge in [0.15, 0.2) is 0 Å². The van der Waals surface area contributed by atoms with Crippen LogP contribution in [0.5, 0.6) is 0 Å². The Kier molecular flexibility index (Phi) is 5.10. The van der Waals surface area contributed by atoms with E-state index in [0.717, 1.165) is 16.7 Å². The molecule has 18 heavy (non-hydrogen) atoms. The van der Waals surface area contributed by atoms with Crippen LogP contribution in [0.2, 0.25) is 0 Å². The molecule has 0 aromatic heterocycles. The van der Waals surface area contributed by atoms with Crippen LogP contribution in [0.1, 0.15) is 31.0 Å². The molecule has 0 radical (unpaired) electrons. The molecule has 3 heteroatoms. The van der Waals surface area contributed by atoms with Gasteiger partial charge in [-0.05, 0) is 26.3 Å². The number of amides is 1. The lowest BCUT2D eigenvalue weighted by Gasteiger charge is -2.24. The van der Waals surface area contributed by atoms with Crippen molar-refractivity contribution in [3.63, 3.8) is 0 Å². The first-order valence-corrected chi connectivity index (χ1v) is 6.21. The zero-order chi connectivity index (χ0) is 13.7. The number of benzene rings is 1. The molecule has 2 N–H and O–H groups in total. The van der Waals surface area contributed by atoms with E-state index in [2.05, 4.69) is 6.58 Å². The summed E-state index contributed by atoms with van der Waals surface area (Å²) in [7, 11) is 0. The van der Waals surface area contributed by atoms with Crippen molar-refractivity contribution in [3.8, 4) is 0 Å². The predicted octanol–water partition coefficient (Wildman–Crippen LogP) is 2.42. The number of carbonyl (C=O) groups is 1. The minimum atomic E-state index is -0.593. The summed E-state index contributed by atoms with van der Waals surface area (Å²) in [6.07, 6.45) is 0. The predicted molar refractivity (Wildman–Crippen MR) is 75.2 cm³/mol. The van der Waals surface area contributed by atoms with E-state index in [-0.39, 0.29) is 5.91 Å². The Bertz CT molecular complexity index is 423. The minimum absolute atomic E-state index is 0.0515. The lowest BCUT2D eigenvalue weighted by atomic mass is 10.0. The average Bonchev–Trinajstić information content (AvgIpc) is 2.35. The smallest absolute Gasteiger partial charge is 0.244 e. The van der Waals surface area contributed by atoms with Crippen LogP contribution in [0, 0.1) is 6.92 Å². The molecule has 1 unspecified atom stereocenters. The Balaban J connectivity index is 2.81. The number of rotatable bonds is 5. The van der Waals surface area contributed by atoms with Gasteiger partial charge in [0.2, 0.25) is 5.91 Å². The van der Waals surface area contributed by atoms with Gasteiger partial charge < -0.3 is 10.6 Å². The van der Waals surface area contributed by atoms with Crippen LogP contribution in [0.25, 0.3) is 0 Å². The number of hydrogen-bond acceptors (Lipinski definition) is 2. The fraction of sp³-hybridized carbons (Fsp3) is 0.400. The highest BCUT2D eigenvalue weighted by atomic mass is 16.2. The van der Waals surface area contributed by atoms with E-state index in [1.165, 1.54) is 0 Å². The normalized spacial score (nSPS) is 12.0. The Morgan fingerprint density at radius 2 is 1.94 bits per heavy atom. The largest absolute Gasteiger partial charge is 0.337 e. The second-order valence-electron chi connectivity index (χ2n) is 4.70. The van der Waals surface area contributed by atoms with Crippen LogP contribution in [-0.2, 0) is 4.79 Å². The summed E-state index contributed by atoms with van der Waals surface area (Å²) in [6, 6.07) is 7.17. The maximum atomic E-state index is 12.3. The van der Waals surface area contributed by atoms with E-state index in [4.69, 9.17) is 5.73 Å². The Morgan fingerprint density at radius 1 is 1.39 bits per heavy atom. The van der Waals surface area contributed by atoms with E-state index >= 15 is 0 Å². The quantitative estimate of drug-likeness (QED) is 0.811. The van der Waals surface area contributed by atoms with Crippen LogP contribution in [0.15, 0.2) is 36.4 Å². The molecule has 0 aliphatic heterocycles. The van der Waals surface area contributed by atoms with Crippen molar-refractivity contribution < 1.29 is 4.79 Å². The second kappa shape index (κ2) is 6.36. The molecular formula is C15H22N2O. The van der Waals surface area contributed by atoms with Crippen molar-refractivity contribution in [1.82, 2.24) is 4.90 Å². The highest BCUT2D eigenvalue weighted by Gasteiger charge is 2.21. The van der Waals surface area contributed by atoms with E-state index in [1.807, 2.05) is 45.0 Å². The third-order valence-electron chi connectivity index (χ3n) is 2.86. The van der Waals surface area contributed by atoms with Gasteiger partial charge >= 0.3 is 0 Å². The monoisotopic (exact) mass is 246 g/mol. The summed E-state index contributed by atoms with van der Waals surface area (Å²) >= 11 is 0. The first-order valence-electron chi connectivity index (χ1n) is 6.21. The number of aryl methyl sites for hydroxylation is 1. The lowest BCUT2D eigenvalue weighted by Crippen LogP contribution is -2.39. The van der Waals surface area contributed by atoms with E-state index in [9.17, 15) is 4.79 Å². The number of likely N-dealkylation sites (N-methyl/N-ethyl adjacent to an activating group) is 1. The molecule has 1 aromatic rings. The molecule has 0 aliphatic carbocycles. The third kappa shape index (κ3) is 3.70. The Hall–Kier alpha value is -1.61. The first kappa shape index (κ1) is 14.5. The van der Waals surface area contributed by atoms with Gasteiger partial charge in [-0.2, -0.15) is 0 Å². The molecule has 1 atom stereocenters. The van der Waals surface area contributed by atoms with Gasteiger partial charge in [-0.3, -0.25) is 4.79 Å². The minimum Gasteiger partial charge on any atom is -0.337 e. The van der Waals surface area contributed by atoms with Gasteiger partial charge in [0.1, 0.15) is 6.04 Å². The molecule has 1 aromatic carbocycles. The lowest BCUT2D eigenvalue weighted by molar-refractivity contribution is -0.132. The van der Waals surface area contributed by atoms with Crippen LogP contribution in [0.4, 0.5) is 0 Å². The summed E-state index contributed by atoms with van der Waals surface area (Å²) in [6.45, 7) is 10.9. The molecule has 0 saturated heterocycles. The fourth-order valence-corrected chi connectivity index (χ4v) is 1.78. The molecule has 0 aliphatic rings. The van der Waals surface area contributed by atoms with Crippen LogP contribution in [0.3, 0.4) is 0 Å². The Morgan fingerprint density at radius 3 is 2.39 bits per heavy atom. The van der Waals surface area contributed by atoms with Gasteiger partial charge in [0.25, 0.3) is 0 Å². The van der Waals surface area contributed by atoms with Gasteiger partial charge in [0, 0.05) is 13.1 Å². The summed E-state index contributed by atoms with van der Waals surface area (Å²) in [5.74, 6) is -0.0515. The molecule has 1 rings (SSSR count). The first-order chi connectivity index (χ1) is 8.45. The standard InChI is InChI=1S/C15H22N2O/c1-5-17(10-11(2)3)15(18)14(16)13-8-6-12(4)7-9-13/h6-9,14H,2,5,10,16H2,1,3-4H3. The summed E-state index contributed by atoms with van der Waals surface area (Å²) in [5.41, 5.74) is 8.99. The molecule has 1 amide bonds. The van der Waals surface area contributed by atoms with Gasteiger partial charge in [0.05, 0.1) is 0 Å². The number of carbonyl (C=O) groups excluding carboxylic acids is 1. The molecule has 0 bridgehead atoms.